The summed E-state index contributed by atoms with van der Waals surface area (Å²) in [5.74, 6) is 0. The Labute approximate surface area is 882 Å². The van der Waals surface area contributed by atoms with Crippen LogP contribution in [0.2, 0.25) is 115 Å². The fourth-order valence-corrected chi connectivity index (χ4v) is 16.9. The van der Waals surface area contributed by atoms with Gasteiger partial charge in [-0.2, -0.15) is 0 Å². The van der Waals surface area contributed by atoms with Crippen molar-refractivity contribution in [3.05, 3.63) is 0 Å². The standard InChI is InChI=1S/C17H38O6Si.C16H36O6Si.C15H34O6Si.C15H34O5Si.C14H32O5Si.C13H30O5Si.12CH4/c1-5-7-19-9-11-21-13-15-23-16-14-22-12-10-20-8-6-17-24(3,4)18-2;1-5-18-8-9-20-12-13-22-15-14-21-11-10-19-7-6-16-23(3,4)17-2;1-16-7-8-19-11-12-21-14-13-20-10-9-18-6-5-15-22(3,4)17-2;1-5-7-17-9-11-19-13-14-20-12-10-18-8-6-15-21(3,4)16-2;1-5-16-8-9-18-12-13-19-11-10-17-7-6-14-20(3,4)15-2;1-14-7-8-17-11-12-18-10-9-16-6-5-13-19(3,4)15-2;;;;;;;;;;;;/h5-17H2,1-4H3;5-16H2,1-4H3;5-15H2,1-4H3;5-15H2,1-4H3;5-14H2,1-4H3;5-13H2,1-4H3;12*1H4. The first kappa shape index (κ1) is 183. The number of rotatable bonds is 99. The van der Waals surface area contributed by atoms with Crippen molar-refractivity contribution < 1.29 is 154 Å². The molecule has 0 aliphatic rings. The number of hydrogen-bond acceptors (Lipinski definition) is 33. The molecule has 0 aliphatic heterocycles. The Hall–Kier alpha value is -0.0187. The predicted octanol–water partition coefficient (Wildman–Crippen LogP) is 21.6. The van der Waals surface area contributed by atoms with Crippen LogP contribution in [-0.2, 0) is 154 Å². The van der Waals surface area contributed by atoms with Gasteiger partial charge in [0.2, 0.25) is 0 Å². The van der Waals surface area contributed by atoms with Crippen LogP contribution >= 0.6 is 0 Å². The number of ether oxygens (including phenoxy) is 27. The van der Waals surface area contributed by atoms with Crippen LogP contribution in [0, 0.1) is 0 Å². The van der Waals surface area contributed by atoms with Crippen LogP contribution in [0.5, 0.6) is 0 Å². The minimum atomic E-state index is -1.43. The first-order valence-electron chi connectivity index (χ1n) is 48.0. The second-order valence-corrected chi connectivity index (χ2v) is 59.4. The van der Waals surface area contributed by atoms with Crippen LogP contribution in [0.25, 0.3) is 0 Å². The zero-order valence-electron chi connectivity index (χ0n) is 87.1. The third-order valence-electron chi connectivity index (χ3n) is 18.8. The molecule has 0 bridgehead atoms. The van der Waals surface area contributed by atoms with Gasteiger partial charge in [0.15, 0.2) is 49.9 Å². The van der Waals surface area contributed by atoms with Crippen molar-refractivity contribution >= 4 is 49.9 Å². The van der Waals surface area contributed by atoms with Gasteiger partial charge in [-0.3, -0.25) is 0 Å². The Morgan fingerprint density at radius 2 is 0.213 bits per heavy atom. The lowest BCUT2D eigenvalue weighted by Crippen LogP contribution is -2.28. The van der Waals surface area contributed by atoms with Gasteiger partial charge in [-0.25, -0.2) is 0 Å². The second kappa shape index (κ2) is 148. The lowest BCUT2D eigenvalue weighted by Gasteiger charge is -2.19. The van der Waals surface area contributed by atoms with Gasteiger partial charge in [0, 0.05) is 123 Å². The highest BCUT2D eigenvalue weighted by molar-refractivity contribution is 6.72. The van der Waals surface area contributed by atoms with Gasteiger partial charge in [-0.15, -0.1) is 0 Å². The van der Waals surface area contributed by atoms with E-state index in [-0.39, 0.29) is 89.1 Å². The summed E-state index contributed by atoms with van der Waals surface area (Å²) in [6, 6.07) is 6.80. The Kier molecular flexibility index (Phi) is 192. The Balaban J connectivity index is -0.0000000792. The molecule has 0 amide bonds. The van der Waals surface area contributed by atoms with Gasteiger partial charge >= 0.3 is 0 Å². The molecule has 0 aromatic heterocycles. The highest BCUT2D eigenvalue weighted by Crippen LogP contribution is 2.17. The van der Waals surface area contributed by atoms with Gasteiger partial charge < -0.3 is 154 Å². The van der Waals surface area contributed by atoms with Gasteiger partial charge in [0.05, 0.1) is 277 Å². The molecule has 0 N–H and O–H groups in total. The van der Waals surface area contributed by atoms with Gasteiger partial charge in [-0.05, 0) is 180 Å². The Bertz CT molecular complexity index is 2030. The molecule has 0 saturated carbocycles. The minimum absolute atomic E-state index is 0. The molecule has 0 aliphatic carbocycles. The van der Waals surface area contributed by atoms with Crippen molar-refractivity contribution in [2.75, 3.05) is 400 Å². The quantitative estimate of drug-likeness (QED) is 0.0403. The molecule has 39 heteroatoms. The zero-order chi connectivity index (χ0) is 97.0. The fraction of sp³-hybridized carbons (Fsp3) is 1.00. The summed E-state index contributed by atoms with van der Waals surface area (Å²) in [6.45, 7) is 68.5. The lowest BCUT2D eigenvalue weighted by atomic mass is 10.5. The first-order chi connectivity index (χ1) is 62.2. The largest absolute Gasteiger partial charge is 0.420 e. The maximum atomic E-state index is 5.54. The molecular formula is C102H252O33Si6. The summed E-state index contributed by atoms with van der Waals surface area (Å²) < 4.78 is 177. The highest BCUT2D eigenvalue weighted by Gasteiger charge is 2.24. The van der Waals surface area contributed by atoms with Crippen LogP contribution in [0.3, 0.4) is 0 Å². The Morgan fingerprint density at radius 1 is 0.121 bits per heavy atom. The van der Waals surface area contributed by atoms with Gasteiger partial charge in [0.25, 0.3) is 0 Å². The van der Waals surface area contributed by atoms with Crippen LogP contribution in [0.15, 0.2) is 0 Å². The van der Waals surface area contributed by atoms with E-state index in [1.165, 1.54) is 0 Å². The average Bonchev–Trinajstić information content (AvgIpc) is 0.984. The summed E-state index contributed by atoms with van der Waals surface area (Å²) in [7, 11) is 5.60. The van der Waals surface area contributed by atoms with Crippen LogP contribution in [0.4, 0.5) is 0 Å². The molecule has 882 valence electrons. The van der Waals surface area contributed by atoms with E-state index in [1.54, 1.807) is 56.9 Å². The summed E-state index contributed by atoms with van der Waals surface area (Å²) in [4.78, 5) is 0. The summed E-state index contributed by atoms with van der Waals surface area (Å²) >= 11 is 0. The zero-order valence-corrected chi connectivity index (χ0v) is 93.1. The van der Waals surface area contributed by atoms with Crippen molar-refractivity contribution in [1.29, 1.82) is 0 Å². The van der Waals surface area contributed by atoms with Crippen molar-refractivity contribution in [2.45, 2.75) is 283 Å². The second-order valence-electron chi connectivity index (χ2n) is 32.9. The van der Waals surface area contributed by atoms with E-state index in [0.29, 0.717) is 277 Å². The number of methoxy groups -OCH3 is 2. The smallest absolute Gasteiger partial charge is 0.186 e. The first-order valence-corrected chi connectivity index (χ1v) is 66.6. The summed E-state index contributed by atoms with van der Waals surface area (Å²) in [5.41, 5.74) is 0. The van der Waals surface area contributed by atoms with Crippen LogP contribution in [-0.4, -0.2) is 450 Å². The van der Waals surface area contributed by atoms with Crippen LogP contribution < -0.4 is 0 Å². The third kappa shape index (κ3) is 176. The molecule has 0 radical (unpaired) electrons. The van der Waals surface area contributed by atoms with Crippen molar-refractivity contribution in [3.63, 3.8) is 0 Å². The maximum Gasteiger partial charge on any atom is 0.186 e. The molecule has 0 heterocycles. The predicted molar refractivity (Wildman–Crippen MR) is 610 cm³/mol. The van der Waals surface area contributed by atoms with E-state index in [9.17, 15) is 0 Å². The minimum Gasteiger partial charge on any atom is -0.420 e. The molecule has 0 spiro atoms. The molecule has 0 aromatic carbocycles. The summed E-state index contributed by atoms with van der Waals surface area (Å²) in [5, 5.41) is 0. The van der Waals surface area contributed by atoms with Crippen molar-refractivity contribution in [2.24, 2.45) is 0 Å². The molecule has 0 atom stereocenters. The monoisotopic (exact) mass is 2170 g/mol. The van der Waals surface area contributed by atoms with E-state index < -0.39 is 49.9 Å². The normalized spacial score (nSPS) is 11.0. The van der Waals surface area contributed by atoms with Gasteiger partial charge in [0.1, 0.15) is 0 Å². The number of hydrogen-bond donors (Lipinski definition) is 0. The fourth-order valence-electron chi connectivity index (χ4n) is 9.66. The van der Waals surface area contributed by atoms with E-state index in [2.05, 4.69) is 92.4 Å². The van der Waals surface area contributed by atoms with E-state index in [4.69, 9.17) is 154 Å². The molecule has 0 aromatic rings. The highest BCUT2D eigenvalue weighted by atomic mass is 28.4. The maximum absolute atomic E-state index is 5.54. The van der Waals surface area contributed by atoms with E-state index in [1.807, 2.05) is 13.8 Å². The van der Waals surface area contributed by atoms with E-state index in [0.717, 1.165) is 154 Å². The topological polar surface area (TPSA) is 305 Å². The molecule has 33 nitrogen and oxygen atoms in total. The van der Waals surface area contributed by atoms with Crippen LogP contribution in [0.1, 0.15) is 168 Å². The Morgan fingerprint density at radius 3 is 0.305 bits per heavy atom. The van der Waals surface area contributed by atoms with Gasteiger partial charge in [-0.1, -0.05) is 103 Å². The average molecular weight is 2180 g/mol. The molecule has 0 fully saturated rings. The molecule has 0 rings (SSSR count). The molecule has 141 heavy (non-hydrogen) atoms. The lowest BCUT2D eigenvalue weighted by molar-refractivity contribution is -0.0109. The molecule has 0 saturated heterocycles. The van der Waals surface area contributed by atoms with Crippen molar-refractivity contribution in [3.8, 4) is 0 Å². The van der Waals surface area contributed by atoms with Crippen molar-refractivity contribution in [1.82, 2.24) is 0 Å². The molecular weight excluding hydrogens is 1920 g/mol. The summed E-state index contributed by atoms with van der Waals surface area (Å²) in [6.07, 6.45) is 8.45. The SMILES string of the molecule is C.C.C.C.C.C.C.C.C.C.C.C.CCCOCCOCCOCCOCCC[Si](C)(C)OC.CCCOCCOCCOCCOCCOCCC[Si](C)(C)OC.CCOCCOCCOCCOCCC[Si](C)(C)OC.CCOCCOCCOCCOCCOCCC[Si](C)(C)OC.COCCOCCOCCOCCC[Si](C)(C)OC.COCCOCCOCCOCCOCCC[Si](C)(C)OC. The van der Waals surface area contributed by atoms with E-state index >= 15 is 0 Å². The third-order valence-corrected chi connectivity index (χ3v) is 34.7. The molecule has 0 unspecified atom stereocenters.